The first kappa shape index (κ1) is 18.7. The summed E-state index contributed by atoms with van der Waals surface area (Å²) in [6.07, 6.45) is 4.21. The van der Waals surface area contributed by atoms with E-state index in [0.717, 1.165) is 11.8 Å². The summed E-state index contributed by atoms with van der Waals surface area (Å²) < 4.78 is 30.2. The molecule has 142 valence electrons. The van der Waals surface area contributed by atoms with Crippen molar-refractivity contribution in [1.29, 1.82) is 0 Å². The average molecular weight is 376 g/mol. The normalized spacial score (nSPS) is 11.0. The van der Waals surface area contributed by atoms with Gasteiger partial charge >= 0.3 is 0 Å². The second-order valence-corrected chi connectivity index (χ2v) is 5.88. The molecule has 0 spiro atoms. The van der Waals surface area contributed by atoms with Crippen LogP contribution in [0.15, 0.2) is 36.9 Å². The van der Waals surface area contributed by atoms with Gasteiger partial charge in [0.05, 0.1) is 36.0 Å². The highest BCUT2D eigenvalue weighted by molar-refractivity contribution is 6.03. The number of hydrogen-bond donors (Lipinski definition) is 3. The third-order valence-corrected chi connectivity index (χ3v) is 3.84. The zero-order valence-electron chi connectivity index (χ0n) is 14.5. The Kier molecular flexibility index (Phi) is 5.63. The maximum absolute atomic E-state index is 14.6. The van der Waals surface area contributed by atoms with E-state index in [2.05, 4.69) is 15.8 Å². The molecule has 2 heterocycles. The molecule has 27 heavy (non-hydrogen) atoms. The summed E-state index contributed by atoms with van der Waals surface area (Å²) in [7, 11) is 0. The van der Waals surface area contributed by atoms with Gasteiger partial charge in [-0.15, -0.1) is 0 Å². The number of anilines is 2. The van der Waals surface area contributed by atoms with E-state index in [1.165, 1.54) is 29.1 Å². The fourth-order valence-corrected chi connectivity index (χ4v) is 2.54. The second-order valence-electron chi connectivity index (χ2n) is 5.88. The van der Waals surface area contributed by atoms with Crippen LogP contribution in [0, 0.1) is 18.6 Å². The number of aliphatic hydroxyl groups excluding tert-OH is 1. The lowest BCUT2D eigenvalue weighted by molar-refractivity contribution is 0.0259. The minimum Gasteiger partial charge on any atom is -0.396 e. The van der Waals surface area contributed by atoms with Crippen molar-refractivity contribution in [3.63, 3.8) is 0 Å². The number of carbonyl (C=O) groups is 1. The van der Waals surface area contributed by atoms with E-state index in [1.54, 1.807) is 13.0 Å². The third-order valence-electron chi connectivity index (χ3n) is 3.84. The maximum atomic E-state index is 14.6. The molecule has 3 aromatic rings. The first-order valence-electron chi connectivity index (χ1n) is 8.21. The van der Waals surface area contributed by atoms with Crippen LogP contribution in [-0.4, -0.2) is 33.6 Å². The predicted molar refractivity (Wildman–Crippen MR) is 94.7 cm³/mol. The number of nitrogens with one attached hydrogen (secondary N) is 2. The van der Waals surface area contributed by atoms with Crippen molar-refractivity contribution in [2.75, 3.05) is 18.5 Å². The molecule has 0 atom stereocenters. The van der Waals surface area contributed by atoms with Crippen LogP contribution in [0.1, 0.15) is 22.3 Å². The zero-order chi connectivity index (χ0) is 19.4. The van der Waals surface area contributed by atoms with Crippen LogP contribution in [0.25, 0.3) is 5.52 Å². The number of benzene rings is 1. The molecule has 7 nitrogen and oxygen atoms in total. The van der Waals surface area contributed by atoms with E-state index in [9.17, 15) is 13.6 Å². The lowest BCUT2D eigenvalue weighted by Crippen LogP contribution is -2.26. The molecule has 0 radical (unpaired) electrons. The molecular formula is C18H18F2N4O3. The van der Waals surface area contributed by atoms with Crippen LogP contribution in [0.3, 0.4) is 0 Å². The van der Waals surface area contributed by atoms with Gasteiger partial charge in [-0.05, 0) is 31.0 Å². The first-order valence-corrected chi connectivity index (χ1v) is 8.21. The topological polar surface area (TPSA) is 87.9 Å². The standard InChI is InChI=1S/C18H18F2N4O3/c1-11-3-4-14(12(19)7-11)22-17-15-8-21-10-24(15)9-13(20)16(17)18(26)23-27-6-2-5-25/h3-4,7-10,22,25H,2,5-6H2,1H3,(H,23,26). The Morgan fingerprint density at radius 2 is 2.15 bits per heavy atom. The lowest BCUT2D eigenvalue weighted by atomic mass is 10.1. The quantitative estimate of drug-likeness (QED) is 0.436. The van der Waals surface area contributed by atoms with Gasteiger partial charge in [0.15, 0.2) is 5.82 Å². The summed E-state index contributed by atoms with van der Waals surface area (Å²) in [6.45, 7) is 1.70. The van der Waals surface area contributed by atoms with E-state index in [1.807, 2.05) is 0 Å². The summed E-state index contributed by atoms with van der Waals surface area (Å²) in [5, 5.41) is 11.5. The third kappa shape index (κ3) is 4.04. The Balaban J connectivity index is 2.00. The summed E-state index contributed by atoms with van der Waals surface area (Å²) in [4.78, 5) is 21.3. The van der Waals surface area contributed by atoms with Crippen molar-refractivity contribution < 1.29 is 23.5 Å². The van der Waals surface area contributed by atoms with Crippen molar-refractivity contribution in [2.45, 2.75) is 13.3 Å². The van der Waals surface area contributed by atoms with E-state index in [4.69, 9.17) is 9.94 Å². The summed E-state index contributed by atoms with van der Waals surface area (Å²) >= 11 is 0. The van der Waals surface area contributed by atoms with Gasteiger partial charge in [0.1, 0.15) is 11.4 Å². The molecule has 1 amide bonds. The van der Waals surface area contributed by atoms with Gasteiger partial charge in [-0.25, -0.2) is 19.2 Å². The second kappa shape index (κ2) is 8.11. The largest absolute Gasteiger partial charge is 0.396 e. The zero-order valence-corrected chi connectivity index (χ0v) is 14.5. The number of rotatable bonds is 7. The lowest BCUT2D eigenvalue weighted by Gasteiger charge is -2.15. The van der Waals surface area contributed by atoms with Gasteiger partial charge in [-0.3, -0.25) is 9.63 Å². The first-order chi connectivity index (χ1) is 13.0. The molecule has 9 heteroatoms. The van der Waals surface area contributed by atoms with Crippen LogP contribution in [0.5, 0.6) is 0 Å². The number of amides is 1. The van der Waals surface area contributed by atoms with Crippen LogP contribution < -0.4 is 10.8 Å². The molecule has 0 unspecified atom stereocenters. The van der Waals surface area contributed by atoms with Gasteiger partial charge in [0.25, 0.3) is 5.91 Å². The van der Waals surface area contributed by atoms with E-state index < -0.39 is 17.5 Å². The maximum Gasteiger partial charge on any atom is 0.280 e. The van der Waals surface area contributed by atoms with Crippen LogP contribution in [0.2, 0.25) is 0 Å². The molecule has 0 aliphatic carbocycles. The van der Waals surface area contributed by atoms with E-state index >= 15 is 0 Å². The number of aromatic nitrogens is 2. The molecule has 1 aromatic carbocycles. The minimum atomic E-state index is -0.843. The molecule has 0 saturated carbocycles. The summed E-state index contributed by atoms with van der Waals surface area (Å²) in [5.74, 6) is -2.22. The highest BCUT2D eigenvalue weighted by atomic mass is 19.1. The average Bonchev–Trinajstić information content (AvgIpc) is 3.09. The van der Waals surface area contributed by atoms with Gasteiger partial charge < -0.3 is 14.8 Å². The number of pyridine rings is 1. The number of hydrogen-bond acceptors (Lipinski definition) is 5. The summed E-state index contributed by atoms with van der Waals surface area (Å²) in [6, 6.07) is 4.52. The van der Waals surface area contributed by atoms with Gasteiger partial charge in [-0.2, -0.15) is 0 Å². The van der Waals surface area contributed by atoms with Crippen molar-refractivity contribution in [3.05, 3.63) is 59.7 Å². The molecular weight excluding hydrogens is 358 g/mol. The molecule has 0 fully saturated rings. The SMILES string of the molecule is Cc1ccc(Nc2c(C(=O)NOCCCO)c(F)cn3cncc23)c(F)c1. The molecule has 0 saturated heterocycles. The van der Waals surface area contributed by atoms with E-state index in [0.29, 0.717) is 11.9 Å². The van der Waals surface area contributed by atoms with Crippen molar-refractivity contribution in [2.24, 2.45) is 0 Å². The minimum absolute atomic E-state index is 0.0542. The number of aliphatic hydroxyl groups is 1. The van der Waals surface area contributed by atoms with Gasteiger partial charge in [0.2, 0.25) is 0 Å². The van der Waals surface area contributed by atoms with Crippen molar-refractivity contribution in [3.8, 4) is 0 Å². The molecule has 3 N–H and O–H groups in total. The number of nitrogens with zero attached hydrogens (tertiary/aromatic N) is 2. The number of carbonyl (C=O) groups excluding carboxylic acids is 1. The number of halogens is 2. The Bertz CT molecular complexity index is 975. The Hall–Kier alpha value is -3.04. The van der Waals surface area contributed by atoms with Crippen LogP contribution >= 0.6 is 0 Å². The number of hydroxylamine groups is 1. The Labute approximate surface area is 153 Å². The molecule has 0 aliphatic heterocycles. The fraction of sp³-hybridized carbons (Fsp3) is 0.222. The fourth-order valence-electron chi connectivity index (χ4n) is 2.54. The summed E-state index contributed by atoms with van der Waals surface area (Å²) in [5.41, 5.74) is 3.04. The molecule has 2 aromatic heterocycles. The van der Waals surface area contributed by atoms with Crippen molar-refractivity contribution >= 4 is 22.8 Å². The molecule has 3 rings (SSSR count). The van der Waals surface area contributed by atoms with Gasteiger partial charge in [-0.1, -0.05) is 6.07 Å². The number of fused-ring (bicyclic) bond motifs is 1. The highest BCUT2D eigenvalue weighted by Gasteiger charge is 2.22. The Morgan fingerprint density at radius 1 is 1.33 bits per heavy atom. The predicted octanol–water partition coefficient (Wildman–Crippen LogP) is 2.71. The molecule has 0 bridgehead atoms. The smallest absolute Gasteiger partial charge is 0.280 e. The monoisotopic (exact) mass is 376 g/mol. The van der Waals surface area contributed by atoms with Crippen LogP contribution in [-0.2, 0) is 4.84 Å². The number of aryl methyl sites for hydroxylation is 1. The Morgan fingerprint density at radius 3 is 2.89 bits per heavy atom. The van der Waals surface area contributed by atoms with Crippen molar-refractivity contribution in [1.82, 2.24) is 14.9 Å². The van der Waals surface area contributed by atoms with E-state index in [-0.39, 0.29) is 30.2 Å². The highest BCUT2D eigenvalue weighted by Crippen LogP contribution is 2.30. The molecule has 0 aliphatic rings. The van der Waals surface area contributed by atoms with Gasteiger partial charge in [0, 0.05) is 12.8 Å². The van der Waals surface area contributed by atoms with Crippen LogP contribution in [0.4, 0.5) is 20.2 Å². The number of imidazole rings is 1.